The van der Waals surface area contributed by atoms with Crippen LogP contribution in [0.3, 0.4) is 0 Å². The van der Waals surface area contributed by atoms with Crippen LogP contribution in [0.5, 0.6) is 0 Å². The normalized spacial score (nSPS) is 29.0. The van der Waals surface area contributed by atoms with E-state index in [0.717, 1.165) is 5.52 Å². The highest BCUT2D eigenvalue weighted by molar-refractivity contribution is 9.09. The van der Waals surface area contributed by atoms with Gasteiger partial charge in [-0.15, -0.1) is 30.0 Å². The van der Waals surface area contributed by atoms with Gasteiger partial charge >= 0.3 is 5.97 Å². The van der Waals surface area contributed by atoms with E-state index in [-0.39, 0.29) is 54.9 Å². The highest BCUT2D eigenvalue weighted by Gasteiger charge is 2.76. The fraction of sp³-hybridized carbons (Fsp3) is 0.519. The second-order valence-electron chi connectivity index (χ2n) is 10.1. The van der Waals surface area contributed by atoms with Crippen LogP contribution < -0.4 is 0 Å². The van der Waals surface area contributed by atoms with E-state index in [1.807, 2.05) is 24.3 Å². The number of para-hydroxylation sites is 1. The van der Waals surface area contributed by atoms with Gasteiger partial charge in [-0.1, -0.05) is 45.4 Å². The number of alkyl halides is 1. The Morgan fingerprint density at radius 1 is 1.31 bits per heavy atom. The van der Waals surface area contributed by atoms with Gasteiger partial charge in [0.05, 0.1) is 28.7 Å². The van der Waals surface area contributed by atoms with Crippen molar-refractivity contribution in [2.45, 2.75) is 46.8 Å². The maximum Gasteiger partial charge on any atom is 0.310 e. The molecule has 1 spiro atoms. The molecule has 2 aromatic rings. The van der Waals surface area contributed by atoms with Crippen molar-refractivity contribution in [2.24, 2.45) is 11.8 Å². The van der Waals surface area contributed by atoms with Crippen LogP contribution in [-0.2, 0) is 25.8 Å². The third-order valence-corrected chi connectivity index (χ3v) is 11.0. The molecule has 10 nitrogen and oxygen atoms in total. The second-order valence-corrected chi connectivity index (χ2v) is 12.8. The number of nitrogens with zero attached hydrogens (tertiary/aromatic N) is 5. The Balaban J connectivity index is 1.50. The maximum atomic E-state index is 14.4. The number of aliphatic hydroxyl groups excluding tert-OH is 1. The Hall–Kier alpha value is -2.70. The number of amides is 2. The molecule has 6 atom stereocenters. The lowest BCUT2D eigenvalue weighted by atomic mass is 9.71. The van der Waals surface area contributed by atoms with Gasteiger partial charge < -0.3 is 19.6 Å². The van der Waals surface area contributed by atoms with Gasteiger partial charge in [-0.25, -0.2) is 4.68 Å². The molecule has 3 fully saturated rings. The summed E-state index contributed by atoms with van der Waals surface area (Å²) >= 11 is 5.31. The summed E-state index contributed by atoms with van der Waals surface area (Å²) in [6.07, 6.45) is 4.74. The van der Waals surface area contributed by atoms with Crippen molar-refractivity contribution in [3.05, 3.63) is 49.6 Å². The van der Waals surface area contributed by atoms with E-state index in [9.17, 15) is 19.5 Å². The molecule has 0 saturated carbocycles. The summed E-state index contributed by atoms with van der Waals surface area (Å²) in [5.74, 6) is -2.22. The Morgan fingerprint density at radius 3 is 2.85 bits per heavy atom. The van der Waals surface area contributed by atoms with Crippen molar-refractivity contribution in [1.29, 1.82) is 0 Å². The molecule has 3 unspecified atom stereocenters. The molecule has 1 aromatic heterocycles. The molecule has 3 aliphatic heterocycles. The number of aromatic nitrogens is 3. The summed E-state index contributed by atoms with van der Waals surface area (Å²) in [5, 5.41) is 17.8. The number of ether oxygens (including phenoxy) is 1. The third-order valence-electron chi connectivity index (χ3n) is 7.80. The molecule has 3 saturated heterocycles. The lowest BCUT2D eigenvalue weighted by molar-refractivity contribution is -0.154. The molecule has 4 heterocycles. The molecule has 39 heavy (non-hydrogen) atoms. The monoisotopic (exact) mass is 617 g/mol. The molecule has 5 rings (SSSR count). The lowest BCUT2D eigenvalue weighted by Crippen LogP contribution is -2.55. The Morgan fingerprint density at radius 2 is 2.10 bits per heavy atom. The number of likely N-dealkylation sites (tertiary alicyclic amines) is 1. The van der Waals surface area contributed by atoms with Crippen LogP contribution in [0, 0.1) is 11.8 Å². The van der Waals surface area contributed by atoms with Gasteiger partial charge in [-0.2, -0.15) is 0 Å². The van der Waals surface area contributed by atoms with Gasteiger partial charge in [-0.3, -0.25) is 14.4 Å². The van der Waals surface area contributed by atoms with E-state index in [0.29, 0.717) is 24.8 Å². The minimum atomic E-state index is -0.808. The number of hydrogen-bond acceptors (Lipinski definition) is 8. The number of carbonyl (C=O) groups is 3. The van der Waals surface area contributed by atoms with Crippen LogP contribution in [0.15, 0.2) is 49.6 Å². The number of fused-ring (bicyclic) bond motifs is 2. The van der Waals surface area contributed by atoms with Gasteiger partial charge in [-0.05, 0) is 31.4 Å². The third kappa shape index (κ3) is 4.70. The van der Waals surface area contributed by atoms with Crippen molar-refractivity contribution in [3.63, 3.8) is 0 Å². The first-order chi connectivity index (χ1) is 18.9. The molecule has 1 N–H and O–H groups in total. The Kier molecular flexibility index (Phi) is 8.16. The van der Waals surface area contributed by atoms with Crippen molar-refractivity contribution >= 4 is 56.5 Å². The van der Waals surface area contributed by atoms with Gasteiger partial charge in [0.15, 0.2) is 0 Å². The number of thioether (sulfide) groups is 1. The standard InChI is InChI=1S/C27H32BrN5O5S/c1-3-5-14-38-26(37)20-21-24(35)32(12-8-13-34)23(27(21)15-17(28)22(20)39-27)25(36)31(11-4-2)16-33-19-10-7-6-9-18(19)29-30-33/h3-4,6-7,9-10,17,20-23,34H,1-2,5,8,11-16H2/t17?,20-,21-,22-,23?,27?/m0/s1. The number of hydrogen-bond donors (Lipinski definition) is 1. The van der Waals surface area contributed by atoms with Crippen LogP contribution in [0.1, 0.15) is 19.3 Å². The molecule has 12 heteroatoms. The minimum absolute atomic E-state index is 0.0521. The van der Waals surface area contributed by atoms with E-state index in [2.05, 4.69) is 39.4 Å². The highest BCUT2D eigenvalue weighted by atomic mass is 79.9. The smallest absolute Gasteiger partial charge is 0.310 e. The molecule has 2 amide bonds. The number of carbonyl (C=O) groups excluding carboxylic acids is 3. The van der Waals surface area contributed by atoms with Crippen LogP contribution in [0.25, 0.3) is 11.0 Å². The fourth-order valence-electron chi connectivity index (χ4n) is 6.23. The maximum absolute atomic E-state index is 14.4. The topological polar surface area (TPSA) is 118 Å². The number of benzene rings is 1. The molecule has 2 bridgehead atoms. The second kappa shape index (κ2) is 11.4. The summed E-state index contributed by atoms with van der Waals surface area (Å²) < 4.78 is 6.41. The van der Waals surface area contributed by atoms with Crippen molar-refractivity contribution in [3.8, 4) is 0 Å². The van der Waals surface area contributed by atoms with Crippen molar-refractivity contribution in [1.82, 2.24) is 24.8 Å². The fourth-order valence-corrected chi connectivity index (χ4v) is 9.82. The molecule has 208 valence electrons. The molecule has 0 radical (unpaired) electrons. The van der Waals surface area contributed by atoms with Gasteiger partial charge in [0, 0.05) is 29.8 Å². The molecule has 0 aliphatic carbocycles. The SMILES string of the molecule is C=CCCOC(=O)[C@H]1[C@H]2C(=O)N(CCCO)C(C(=O)N(CC=C)Cn3nnc4ccccc43)C23CC(Br)[C@@H]1S3. The first kappa shape index (κ1) is 27.9. The zero-order valence-electron chi connectivity index (χ0n) is 21.5. The van der Waals surface area contributed by atoms with Crippen molar-refractivity contribution in [2.75, 3.05) is 26.3 Å². The van der Waals surface area contributed by atoms with Crippen LogP contribution in [-0.4, -0.2) is 94.9 Å². The van der Waals surface area contributed by atoms with Crippen molar-refractivity contribution < 1.29 is 24.2 Å². The summed E-state index contributed by atoms with van der Waals surface area (Å²) in [4.78, 5) is 44.9. The van der Waals surface area contributed by atoms with E-state index >= 15 is 0 Å². The highest BCUT2D eigenvalue weighted by Crippen LogP contribution is 2.68. The predicted molar refractivity (Wildman–Crippen MR) is 151 cm³/mol. The van der Waals surface area contributed by atoms with Crippen LogP contribution in [0.2, 0.25) is 0 Å². The predicted octanol–water partition coefficient (Wildman–Crippen LogP) is 2.37. The zero-order valence-corrected chi connectivity index (χ0v) is 23.9. The summed E-state index contributed by atoms with van der Waals surface area (Å²) in [5.41, 5.74) is 1.50. The minimum Gasteiger partial charge on any atom is -0.465 e. The summed E-state index contributed by atoms with van der Waals surface area (Å²) in [7, 11) is 0. The summed E-state index contributed by atoms with van der Waals surface area (Å²) in [6.45, 7) is 8.18. The summed E-state index contributed by atoms with van der Waals surface area (Å²) in [6, 6.07) is 6.69. The van der Waals surface area contributed by atoms with Gasteiger partial charge in [0.1, 0.15) is 18.2 Å². The molecular formula is C27H32BrN5O5S. The Labute approximate surface area is 239 Å². The van der Waals surface area contributed by atoms with E-state index in [1.165, 1.54) is 0 Å². The van der Waals surface area contributed by atoms with E-state index < -0.39 is 28.6 Å². The van der Waals surface area contributed by atoms with Crippen LogP contribution >= 0.6 is 27.7 Å². The first-order valence-electron chi connectivity index (χ1n) is 13.1. The van der Waals surface area contributed by atoms with Gasteiger partial charge in [0.2, 0.25) is 11.8 Å². The zero-order chi connectivity index (χ0) is 27.7. The quantitative estimate of drug-likeness (QED) is 0.167. The average molecular weight is 619 g/mol. The van der Waals surface area contributed by atoms with E-state index in [1.54, 1.807) is 38.4 Å². The number of halogens is 1. The molecule has 1 aromatic carbocycles. The number of rotatable bonds is 12. The molecular weight excluding hydrogens is 586 g/mol. The number of esters is 1. The average Bonchev–Trinajstić information content (AvgIpc) is 3.64. The Bertz CT molecular complexity index is 1290. The van der Waals surface area contributed by atoms with E-state index in [4.69, 9.17) is 4.74 Å². The first-order valence-corrected chi connectivity index (χ1v) is 14.9. The largest absolute Gasteiger partial charge is 0.465 e. The lowest BCUT2D eigenvalue weighted by Gasteiger charge is -2.37. The number of aliphatic hydroxyl groups is 1. The molecule has 3 aliphatic rings. The van der Waals surface area contributed by atoms with Gasteiger partial charge in [0.25, 0.3) is 0 Å². The van der Waals surface area contributed by atoms with Crippen LogP contribution in [0.4, 0.5) is 0 Å².